The number of aromatic nitrogens is 3. The maximum atomic E-state index is 11.5. The molecule has 0 aromatic carbocycles. The molecule has 0 bridgehead atoms. The van der Waals surface area contributed by atoms with E-state index in [2.05, 4.69) is 4.98 Å². The van der Waals surface area contributed by atoms with Crippen molar-refractivity contribution in [1.82, 2.24) is 14.2 Å². The molecule has 7 nitrogen and oxygen atoms in total. The van der Waals surface area contributed by atoms with Gasteiger partial charge in [0.05, 0.1) is 0 Å². The number of rotatable bonds is 1. The molecule has 2 rings (SSSR count). The Balaban J connectivity index is 2.97. The molecule has 0 amide bonds. The Morgan fingerprint density at radius 1 is 1.53 bits per heavy atom. The number of fused-ring (bicyclic) bond motifs is 1. The standard InChI is InChI=1S/C8H7N3O4/c1-10-3-2-4-9-5(8(14)15)6(12)7(13)11(4)10/h2-3,12H,1H3,(H,14,15). The van der Waals surface area contributed by atoms with Gasteiger partial charge in [-0.05, 0) is 0 Å². The van der Waals surface area contributed by atoms with Crippen LogP contribution in [0.4, 0.5) is 0 Å². The van der Waals surface area contributed by atoms with Crippen LogP contribution in [0.1, 0.15) is 10.5 Å². The lowest BCUT2D eigenvalue weighted by atomic mass is 10.4. The first kappa shape index (κ1) is 9.25. The highest BCUT2D eigenvalue weighted by Gasteiger charge is 2.18. The predicted octanol–water partition coefficient (Wildman–Crippen LogP) is -0.563. The first-order valence-electron chi connectivity index (χ1n) is 4.03. The highest BCUT2D eigenvalue weighted by Crippen LogP contribution is 2.10. The summed E-state index contributed by atoms with van der Waals surface area (Å²) in [6, 6.07) is 1.48. The molecule has 0 spiro atoms. The summed E-state index contributed by atoms with van der Waals surface area (Å²) in [5.74, 6) is -2.29. The molecule has 0 fully saturated rings. The van der Waals surface area contributed by atoms with Gasteiger partial charge in [0.1, 0.15) is 0 Å². The lowest BCUT2D eigenvalue weighted by molar-refractivity contribution is 0.0686. The molecule has 0 saturated heterocycles. The third kappa shape index (κ3) is 1.17. The third-order valence-electron chi connectivity index (χ3n) is 2.02. The molecule has 0 saturated carbocycles. The van der Waals surface area contributed by atoms with Crippen molar-refractivity contribution < 1.29 is 15.0 Å². The molecule has 2 N–H and O–H groups in total. The highest BCUT2D eigenvalue weighted by molar-refractivity contribution is 5.88. The number of carboxylic acid groups (broad SMARTS) is 1. The fourth-order valence-electron chi connectivity index (χ4n) is 1.32. The van der Waals surface area contributed by atoms with Crippen molar-refractivity contribution in [3.63, 3.8) is 0 Å². The fourth-order valence-corrected chi connectivity index (χ4v) is 1.32. The molecule has 2 aromatic heterocycles. The van der Waals surface area contributed by atoms with E-state index >= 15 is 0 Å². The van der Waals surface area contributed by atoms with E-state index in [-0.39, 0.29) is 5.65 Å². The van der Waals surface area contributed by atoms with E-state index in [9.17, 15) is 14.7 Å². The van der Waals surface area contributed by atoms with Crippen molar-refractivity contribution in [2.24, 2.45) is 7.05 Å². The van der Waals surface area contributed by atoms with E-state index in [1.165, 1.54) is 16.9 Å². The zero-order valence-corrected chi connectivity index (χ0v) is 7.71. The van der Waals surface area contributed by atoms with Gasteiger partial charge in [0.15, 0.2) is 11.3 Å². The number of aromatic carboxylic acids is 1. The van der Waals surface area contributed by atoms with Crippen LogP contribution < -0.4 is 5.56 Å². The van der Waals surface area contributed by atoms with Crippen molar-refractivity contribution in [1.29, 1.82) is 0 Å². The van der Waals surface area contributed by atoms with E-state index in [1.54, 1.807) is 7.05 Å². The van der Waals surface area contributed by atoms with Crippen LogP contribution in [-0.4, -0.2) is 30.4 Å². The molecular formula is C8H7N3O4. The number of carbonyl (C=O) groups is 1. The number of hydrogen-bond donors (Lipinski definition) is 2. The van der Waals surface area contributed by atoms with E-state index in [0.717, 1.165) is 4.52 Å². The van der Waals surface area contributed by atoms with Crippen molar-refractivity contribution in [3.05, 3.63) is 28.3 Å². The first-order valence-corrected chi connectivity index (χ1v) is 4.03. The molecule has 0 aliphatic carbocycles. The molecule has 0 atom stereocenters. The molecule has 0 unspecified atom stereocenters. The summed E-state index contributed by atoms with van der Waals surface area (Å²) in [5.41, 5.74) is -1.26. The maximum Gasteiger partial charge on any atom is 0.358 e. The van der Waals surface area contributed by atoms with Crippen LogP contribution in [0.15, 0.2) is 17.1 Å². The molecule has 0 aliphatic heterocycles. The Bertz CT molecular complexity index is 610. The molecule has 15 heavy (non-hydrogen) atoms. The predicted molar refractivity (Wildman–Crippen MR) is 49.1 cm³/mol. The van der Waals surface area contributed by atoms with Gasteiger partial charge in [-0.1, -0.05) is 0 Å². The van der Waals surface area contributed by atoms with Gasteiger partial charge in [-0.2, -0.15) is 4.52 Å². The van der Waals surface area contributed by atoms with Gasteiger partial charge in [-0.25, -0.2) is 9.78 Å². The van der Waals surface area contributed by atoms with E-state index in [0.29, 0.717) is 0 Å². The summed E-state index contributed by atoms with van der Waals surface area (Å²) in [4.78, 5) is 25.8. The number of aryl methyl sites for hydroxylation is 1. The number of hydrogen-bond acceptors (Lipinski definition) is 4. The minimum Gasteiger partial charge on any atom is -0.501 e. The lowest BCUT2D eigenvalue weighted by Gasteiger charge is -2.01. The summed E-state index contributed by atoms with van der Waals surface area (Å²) in [5, 5.41) is 18.0. The van der Waals surface area contributed by atoms with Crippen LogP contribution in [0.2, 0.25) is 0 Å². The van der Waals surface area contributed by atoms with Crippen molar-refractivity contribution >= 4 is 11.6 Å². The van der Waals surface area contributed by atoms with Crippen molar-refractivity contribution in [2.75, 3.05) is 0 Å². The van der Waals surface area contributed by atoms with Crippen molar-refractivity contribution in [2.45, 2.75) is 0 Å². The van der Waals surface area contributed by atoms with Crippen LogP contribution in [0.25, 0.3) is 5.65 Å². The average Bonchev–Trinajstić information content (AvgIpc) is 2.53. The first-order chi connectivity index (χ1) is 7.02. The summed E-state index contributed by atoms with van der Waals surface area (Å²) in [6.07, 6.45) is 1.54. The van der Waals surface area contributed by atoms with Crippen LogP contribution >= 0.6 is 0 Å². The average molecular weight is 209 g/mol. The number of aromatic hydroxyl groups is 1. The van der Waals surface area contributed by atoms with Gasteiger partial charge in [-0.3, -0.25) is 9.48 Å². The zero-order chi connectivity index (χ0) is 11.2. The monoisotopic (exact) mass is 209 g/mol. The summed E-state index contributed by atoms with van der Waals surface area (Å²) in [6.45, 7) is 0. The quantitative estimate of drug-likeness (QED) is 0.656. The Morgan fingerprint density at radius 2 is 2.20 bits per heavy atom. The number of nitrogens with zero attached hydrogens (tertiary/aromatic N) is 3. The lowest BCUT2D eigenvalue weighted by Crippen LogP contribution is -2.22. The number of carboxylic acids is 1. The normalized spacial score (nSPS) is 10.7. The molecule has 78 valence electrons. The SMILES string of the molecule is Cn1ccc2nc(C(=O)O)c(O)c(=O)n21. The zero-order valence-electron chi connectivity index (χ0n) is 7.71. The van der Waals surface area contributed by atoms with E-state index < -0.39 is 23.0 Å². The summed E-state index contributed by atoms with van der Waals surface area (Å²) < 4.78 is 2.47. The Morgan fingerprint density at radius 3 is 2.80 bits per heavy atom. The Hall–Kier alpha value is -2.31. The van der Waals surface area contributed by atoms with Gasteiger partial charge >= 0.3 is 11.5 Å². The van der Waals surface area contributed by atoms with Crippen LogP contribution in [0.5, 0.6) is 5.75 Å². The van der Waals surface area contributed by atoms with Gasteiger partial charge in [-0.15, -0.1) is 0 Å². The Labute approximate surface area is 82.8 Å². The summed E-state index contributed by atoms with van der Waals surface area (Å²) in [7, 11) is 1.58. The third-order valence-corrected chi connectivity index (χ3v) is 2.02. The van der Waals surface area contributed by atoms with Crippen LogP contribution in [0, 0.1) is 0 Å². The minimum absolute atomic E-state index is 0.178. The second-order valence-electron chi connectivity index (χ2n) is 2.98. The molecule has 2 aromatic rings. The van der Waals surface area contributed by atoms with Gasteiger partial charge in [0.25, 0.3) is 0 Å². The highest BCUT2D eigenvalue weighted by atomic mass is 16.4. The molecule has 0 aliphatic rings. The molecule has 7 heteroatoms. The smallest absolute Gasteiger partial charge is 0.358 e. The minimum atomic E-state index is -1.43. The fraction of sp³-hybridized carbons (Fsp3) is 0.125. The van der Waals surface area contributed by atoms with Gasteiger partial charge < -0.3 is 10.2 Å². The summed E-state index contributed by atoms with van der Waals surface area (Å²) >= 11 is 0. The van der Waals surface area contributed by atoms with E-state index in [1.807, 2.05) is 0 Å². The van der Waals surface area contributed by atoms with Crippen molar-refractivity contribution in [3.8, 4) is 5.75 Å². The van der Waals surface area contributed by atoms with Crippen LogP contribution in [0.3, 0.4) is 0 Å². The second-order valence-corrected chi connectivity index (χ2v) is 2.98. The van der Waals surface area contributed by atoms with Crippen LogP contribution in [-0.2, 0) is 7.05 Å². The second kappa shape index (κ2) is 2.84. The Kier molecular flexibility index (Phi) is 1.75. The molecule has 2 heterocycles. The molecular weight excluding hydrogens is 202 g/mol. The largest absolute Gasteiger partial charge is 0.501 e. The van der Waals surface area contributed by atoms with Gasteiger partial charge in [0.2, 0.25) is 5.75 Å². The van der Waals surface area contributed by atoms with Gasteiger partial charge in [0, 0.05) is 19.3 Å². The van der Waals surface area contributed by atoms with E-state index in [4.69, 9.17) is 5.11 Å². The topological polar surface area (TPSA) is 96.8 Å². The maximum absolute atomic E-state index is 11.5. The molecule has 0 radical (unpaired) electrons.